The van der Waals surface area contributed by atoms with Gasteiger partial charge in [0, 0.05) is 19.2 Å². The summed E-state index contributed by atoms with van der Waals surface area (Å²) in [7, 11) is 1.75. The molecule has 2 heterocycles. The molecule has 3 atom stereocenters. The fraction of sp³-hybridized carbons (Fsp3) is 0.500. The molecule has 2 aliphatic heterocycles. The number of aliphatic imine (C=N–C) groups is 1. The number of nitrogens with two attached hydrogens (primary N) is 1. The first-order chi connectivity index (χ1) is 12.5. The highest BCUT2D eigenvalue weighted by Gasteiger charge is 2.41. The van der Waals surface area contributed by atoms with Gasteiger partial charge >= 0.3 is 0 Å². The van der Waals surface area contributed by atoms with Crippen LogP contribution in [0.15, 0.2) is 29.3 Å². The molecule has 2 fully saturated rings. The molecule has 1 aromatic rings. The van der Waals surface area contributed by atoms with E-state index in [1.54, 1.807) is 19.2 Å². The first kappa shape index (κ1) is 18.2. The minimum Gasteiger partial charge on any atom is -0.373 e. The first-order valence-corrected chi connectivity index (χ1v) is 8.83. The van der Waals surface area contributed by atoms with Crippen LogP contribution in [0.3, 0.4) is 0 Å². The maximum Gasteiger partial charge on any atom is 0.251 e. The maximum absolute atomic E-state index is 11.9. The van der Waals surface area contributed by atoms with Crippen molar-refractivity contribution in [2.75, 3.05) is 13.6 Å². The van der Waals surface area contributed by atoms with E-state index in [2.05, 4.69) is 20.9 Å². The molecule has 140 valence electrons. The summed E-state index contributed by atoms with van der Waals surface area (Å²) in [5.74, 6) is -0.148. The Morgan fingerprint density at radius 1 is 1.23 bits per heavy atom. The largest absolute Gasteiger partial charge is 0.373 e. The smallest absolute Gasteiger partial charge is 0.251 e. The lowest BCUT2D eigenvalue weighted by Gasteiger charge is -2.22. The van der Waals surface area contributed by atoms with Crippen molar-refractivity contribution in [1.29, 1.82) is 0 Å². The summed E-state index contributed by atoms with van der Waals surface area (Å²) >= 11 is 0. The van der Waals surface area contributed by atoms with Crippen molar-refractivity contribution in [1.82, 2.24) is 16.0 Å². The molecule has 2 saturated heterocycles. The standard InChI is InChI=1S/C18H25N5O3/c1-20-18(23-14-8-13-6-7-15(14)26-13)22-9-11-2-4-12(5-3-11)17(25)21-10-16(19)24/h2-5,13-15H,6-10H2,1H3,(H2,19,24)(H,21,25)(H2,20,22,23). The van der Waals surface area contributed by atoms with Crippen molar-refractivity contribution in [2.45, 2.75) is 44.1 Å². The Balaban J connectivity index is 1.47. The number of rotatable bonds is 6. The molecule has 26 heavy (non-hydrogen) atoms. The second-order valence-electron chi connectivity index (χ2n) is 6.63. The normalized spacial score (nSPS) is 24.3. The van der Waals surface area contributed by atoms with E-state index in [-0.39, 0.29) is 18.6 Å². The van der Waals surface area contributed by atoms with E-state index < -0.39 is 5.91 Å². The van der Waals surface area contributed by atoms with Crippen molar-refractivity contribution < 1.29 is 14.3 Å². The van der Waals surface area contributed by atoms with Crippen molar-refractivity contribution in [3.05, 3.63) is 35.4 Å². The number of nitrogens with one attached hydrogen (secondary N) is 3. The van der Waals surface area contributed by atoms with E-state index in [4.69, 9.17) is 10.5 Å². The third-order valence-corrected chi connectivity index (χ3v) is 4.75. The van der Waals surface area contributed by atoms with Gasteiger partial charge in [0.15, 0.2) is 5.96 Å². The summed E-state index contributed by atoms with van der Waals surface area (Å²) in [6.07, 6.45) is 3.98. The van der Waals surface area contributed by atoms with Crippen LogP contribution in [0.5, 0.6) is 0 Å². The van der Waals surface area contributed by atoms with Crippen LogP contribution in [0, 0.1) is 0 Å². The highest BCUT2D eigenvalue weighted by Crippen LogP contribution is 2.34. The van der Waals surface area contributed by atoms with Crippen LogP contribution in [0.25, 0.3) is 0 Å². The zero-order chi connectivity index (χ0) is 18.5. The van der Waals surface area contributed by atoms with Crippen LogP contribution in [0.1, 0.15) is 35.2 Å². The lowest BCUT2D eigenvalue weighted by molar-refractivity contribution is -0.117. The number of carbonyl (C=O) groups is 2. The summed E-state index contributed by atoms with van der Waals surface area (Å²) in [6.45, 7) is 0.418. The first-order valence-electron chi connectivity index (χ1n) is 8.83. The number of hydrogen-bond acceptors (Lipinski definition) is 4. The number of hydrogen-bond donors (Lipinski definition) is 4. The second-order valence-corrected chi connectivity index (χ2v) is 6.63. The van der Waals surface area contributed by atoms with Crippen LogP contribution in [-0.2, 0) is 16.1 Å². The van der Waals surface area contributed by atoms with Crippen molar-refractivity contribution in [2.24, 2.45) is 10.7 Å². The Morgan fingerprint density at radius 3 is 2.58 bits per heavy atom. The second kappa shape index (κ2) is 8.18. The highest BCUT2D eigenvalue weighted by atomic mass is 16.5. The van der Waals surface area contributed by atoms with Crippen molar-refractivity contribution >= 4 is 17.8 Å². The number of nitrogens with zero attached hydrogens (tertiary/aromatic N) is 1. The van der Waals surface area contributed by atoms with Gasteiger partial charge in [0.05, 0.1) is 24.8 Å². The van der Waals surface area contributed by atoms with E-state index in [0.717, 1.165) is 30.8 Å². The predicted molar refractivity (Wildman–Crippen MR) is 97.6 cm³/mol. The Hall–Kier alpha value is -2.61. The predicted octanol–water partition coefficient (Wildman–Crippen LogP) is -0.113. The van der Waals surface area contributed by atoms with Crippen LogP contribution in [-0.4, -0.2) is 49.6 Å². The van der Waals surface area contributed by atoms with Gasteiger partial charge in [-0.1, -0.05) is 12.1 Å². The van der Waals surface area contributed by atoms with E-state index >= 15 is 0 Å². The van der Waals surface area contributed by atoms with Crippen LogP contribution in [0.2, 0.25) is 0 Å². The molecule has 0 spiro atoms. The Morgan fingerprint density at radius 2 is 2.00 bits per heavy atom. The average molecular weight is 359 g/mol. The summed E-state index contributed by atoms with van der Waals surface area (Å²) < 4.78 is 5.85. The topological polar surface area (TPSA) is 118 Å². The number of carbonyl (C=O) groups excluding carboxylic acids is 2. The molecule has 1 aromatic carbocycles. The summed E-state index contributed by atoms with van der Waals surface area (Å²) in [5.41, 5.74) is 6.52. The van der Waals surface area contributed by atoms with Crippen LogP contribution >= 0.6 is 0 Å². The maximum atomic E-state index is 11.9. The van der Waals surface area contributed by atoms with E-state index in [1.807, 2.05) is 12.1 Å². The zero-order valence-electron chi connectivity index (χ0n) is 14.8. The third kappa shape index (κ3) is 4.51. The van der Waals surface area contributed by atoms with Crippen LogP contribution in [0.4, 0.5) is 0 Å². The molecule has 0 saturated carbocycles. The molecule has 8 nitrogen and oxygen atoms in total. The molecule has 5 N–H and O–H groups in total. The quantitative estimate of drug-likeness (QED) is 0.417. The third-order valence-electron chi connectivity index (χ3n) is 4.75. The van der Waals surface area contributed by atoms with Gasteiger partial charge < -0.3 is 26.4 Å². The molecule has 8 heteroatoms. The van der Waals surface area contributed by atoms with Gasteiger partial charge in [-0.15, -0.1) is 0 Å². The monoisotopic (exact) mass is 359 g/mol. The van der Waals surface area contributed by atoms with Gasteiger partial charge in [-0.05, 0) is 37.0 Å². The summed E-state index contributed by atoms with van der Waals surface area (Å²) in [5, 5.41) is 9.17. The van der Waals surface area contributed by atoms with Gasteiger partial charge in [0.25, 0.3) is 5.91 Å². The molecule has 2 bridgehead atoms. The number of guanidine groups is 1. The fourth-order valence-electron chi connectivity index (χ4n) is 3.39. The molecule has 0 aliphatic carbocycles. The number of primary amides is 1. The fourth-order valence-corrected chi connectivity index (χ4v) is 3.39. The summed E-state index contributed by atoms with van der Waals surface area (Å²) in [6, 6.07) is 7.47. The van der Waals surface area contributed by atoms with E-state index in [1.165, 1.54) is 0 Å². The highest BCUT2D eigenvalue weighted by molar-refractivity contribution is 5.96. The zero-order valence-corrected chi connectivity index (χ0v) is 14.8. The SMILES string of the molecule is CN=C(NCc1ccc(C(=O)NCC(N)=O)cc1)NC1CC2CCC1O2. The van der Waals surface area contributed by atoms with Gasteiger partial charge in [-0.25, -0.2) is 0 Å². The number of amides is 2. The molecule has 3 rings (SSSR count). The molecule has 2 aliphatic rings. The van der Waals surface area contributed by atoms with Crippen molar-refractivity contribution in [3.63, 3.8) is 0 Å². The Bertz CT molecular complexity index is 689. The van der Waals surface area contributed by atoms with Crippen LogP contribution < -0.4 is 21.7 Å². The molecule has 0 radical (unpaired) electrons. The molecule has 2 amide bonds. The van der Waals surface area contributed by atoms with Gasteiger partial charge in [0.1, 0.15) is 0 Å². The minimum atomic E-state index is -0.570. The molecule has 3 unspecified atom stereocenters. The molecular formula is C18H25N5O3. The van der Waals surface area contributed by atoms with E-state index in [9.17, 15) is 9.59 Å². The van der Waals surface area contributed by atoms with E-state index in [0.29, 0.717) is 24.3 Å². The average Bonchev–Trinajstić information content (AvgIpc) is 3.26. The number of fused-ring (bicyclic) bond motifs is 2. The Kier molecular flexibility index (Phi) is 5.72. The molecule has 0 aromatic heterocycles. The molecular weight excluding hydrogens is 334 g/mol. The van der Waals surface area contributed by atoms with Gasteiger partial charge in [-0.3, -0.25) is 14.6 Å². The number of ether oxygens (including phenoxy) is 1. The lowest BCUT2D eigenvalue weighted by Crippen LogP contribution is -2.47. The lowest BCUT2D eigenvalue weighted by atomic mass is 9.96. The number of benzene rings is 1. The van der Waals surface area contributed by atoms with Crippen molar-refractivity contribution in [3.8, 4) is 0 Å². The Labute approximate surface area is 152 Å². The van der Waals surface area contributed by atoms with Gasteiger partial charge in [-0.2, -0.15) is 0 Å². The van der Waals surface area contributed by atoms with Gasteiger partial charge in [0.2, 0.25) is 5.91 Å². The summed E-state index contributed by atoms with van der Waals surface area (Å²) in [4.78, 5) is 26.8. The minimum absolute atomic E-state index is 0.170.